The van der Waals surface area contributed by atoms with Crippen molar-refractivity contribution in [3.63, 3.8) is 0 Å². The maximum absolute atomic E-state index is 12.7. The van der Waals surface area contributed by atoms with E-state index in [0.29, 0.717) is 19.5 Å². The third-order valence-electron chi connectivity index (χ3n) is 2.40. The zero-order chi connectivity index (χ0) is 12.5. The molecule has 1 unspecified atom stereocenters. The number of rotatable bonds is 7. The van der Waals surface area contributed by atoms with Crippen LogP contribution in [0.5, 0.6) is 0 Å². The predicted octanol–water partition coefficient (Wildman–Crippen LogP) is 0.778. The Bertz CT molecular complexity index is 336. The van der Waals surface area contributed by atoms with E-state index in [0.717, 1.165) is 5.56 Å². The van der Waals surface area contributed by atoms with Crippen molar-refractivity contribution in [2.24, 2.45) is 16.5 Å². The molecule has 0 radical (unpaired) electrons. The molecule has 0 aromatic heterocycles. The summed E-state index contributed by atoms with van der Waals surface area (Å²) in [5.41, 5.74) is 11.5. The van der Waals surface area contributed by atoms with Gasteiger partial charge in [0.2, 0.25) is 0 Å². The minimum Gasteiger partial charge on any atom is -0.370 e. The molecule has 0 bridgehead atoms. The lowest BCUT2D eigenvalue weighted by Crippen LogP contribution is -2.32. The molecule has 1 aromatic carbocycles. The molecule has 5 heteroatoms. The number of halogens is 1. The quantitative estimate of drug-likeness (QED) is 0.485. The first-order valence-corrected chi connectivity index (χ1v) is 5.61. The molecule has 1 atom stereocenters. The summed E-state index contributed by atoms with van der Waals surface area (Å²) in [6.07, 6.45) is 0.585. The van der Waals surface area contributed by atoms with Gasteiger partial charge >= 0.3 is 0 Å². The zero-order valence-corrected chi connectivity index (χ0v) is 9.77. The molecular weight excluding hydrogens is 219 g/mol. The van der Waals surface area contributed by atoms with E-state index in [1.807, 2.05) is 30.3 Å². The standard InChI is InChI=1S/C12H19FN4/c13-8-11(6-7-16-12(14)15)17-9-10-4-2-1-3-5-10/h1-5,11,17H,6-9H2,(H4,14,15,16). The summed E-state index contributed by atoms with van der Waals surface area (Å²) in [6, 6.07) is 9.66. The molecule has 0 aliphatic carbocycles. The van der Waals surface area contributed by atoms with Gasteiger partial charge in [0.15, 0.2) is 5.96 Å². The lowest BCUT2D eigenvalue weighted by molar-refractivity contribution is 0.360. The molecule has 0 aliphatic rings. The summed E-state index contributed by atoms with van der Waals surface area (Å²) in [5.74, 6) is 0.0469. The number of nitrogens with one attached hydrogen (secondary N) is 1. The van der Waals surface area contributed by atoms with Gasteiger partial charge in [-0.2, -0.15) is 0 Å². The van der Waals surface area contributed by atoms with Crippen molar-refractivity contribution in [1.82, 2.24) is 5.32 Å². The summed E-state index contributed by atoms with van der Waals surface area (Å²) in [6.45, 7) is 0.669. The predicted molar refractivity (Wildman–Crippen MR) is 68.3 cm³/mol. The number of nitrogens with two attached hydrogens (primary N) is 2. The highest BCUT2D eigenvalue weighted by Crippen LogP contribution is 2.00. The molecule has 0 fully saturated rings. The van der Waals surface area contributed by atoms with E-state index < -0.39 is 6.67 Å². The molecule has 0 amide bonds. The Hall–Kier alpha value is -1.62. The molecule has 0 aliphatic heterocycles. The maximum Gasteiger partial charge on any atom is 0.185 e. The molecule has 5 N–H and O–H groups in total. The molecule has 1 rings (SSSR count). The van der Waals surface area contributed by atoms with Crippen LogP contribution < -0.4 is 16.8 Å². The third-order valence-corrected chi connectivity index (χ3v) is 2.40. The van der Waals surface area contributed by atoms with Crippen molar-refractivity contribution in [2.75, 3.05) is 13.2 Å². The average molecular weight is 238 g/mol. The lowest BCUT2D eigenvalue weighted by atomic mass is 10.2. The normalized spacial score (nSPS) is 12.1. The van der Waals surface area contributed by atoms with E-state index in [4.69, 9.17) is 11.5 Å². The van der Waals surface area contributed by atoms with Crippen molar-refractivity contribution in [3.05, 3.63) is 35.9 Å². The van der Waals surface area contributed by atoms with Crippen molar-refractivity contribution >= 4 is 5.96 Å². The van der Waals surface area contributed by atoms with Gasteiger partial charge in [0.05, 0.1) is 0 Å². The second-order valence-electron chi connectivity index (χ2n) is 3.81. The van der Waals surface area contributed by atoms with Crippen LogP contribution in [0.25, 0.3) is 0 Å². The number of benzene rings is 1. The Labute approximate surface area is 101 Å². The second kappa shape index (κ2) is 7.62. The van der Waals surface area contributed by atoms with Crippen LogP contribution in [0.3, 0.4) is 0 Å². The maximum atomic E-state index is 12.7. The van der Waals surface area contributed by atoms with Gasteiger partial charge < -0.3 is 16.8 Å². The molecule has 0 heterocycles. The first-order valence-electron chi connectivity index (χ1n) is 5.61. The van der Waals surface area contributed by atoms with E-state index in [1.54, 1.807) is 0 Å². The SMILES string of the molecule is NC(N)=NCCC(CF)NCc1ccccc1. The molecular formula is C12H19FN4. The lowest BCUT2D eigenvalue weighted by Gasteiger charge is -2.14. The first-order chi connectivity index (χ1) is 8.22. The highest BCUT2D eigenvalue weighted by Gasteiger charge is 2.06. The van der Waals surface area contributed by atoms with Gasteiger partial charge in [-0.25, -0.2) is 4.39 Å². The van der Waals surface area contributed by atoms with Crippen LogP contribution in [0.2, 0.25) is 0 Å². The van der Waals surface area contributed by atoms with E-state index in [9.17, 15) is 4.39 Å². The van der Waals surface area contributed by atoms with Gasteiger partial charge in [-0.1, -0.05) is 30.3 Å². The number of guanidine groups is 1. The van der Waals surface area contributed by atoms with Gasteiger partial charge in [-0.3, -0.25) is 4.99 Å². The smallest absolute Gasteiger partial charge is 0.185 e. The number of hydrogen-bond acceptors (Lipinski definition) is 2. The van der Waals surface area contributed by atoms with E-state index >= 15 is 0 Å². The van der Waals surface area contributed by atoms with Crippen molar-refractivity contribution in [3.8, 4) is 0 Å². The van der Waals surface area contributed by atoms with Crippen LogP contribution in [0.15, 0.2) is 35.3 Å². The van der Waals surface area contributed by atoms with Crippen molar-refractivity contribution < 1.29 is 4.39 Å². The number of nitrogens with zero attached hydrogens (tertiary/aromatic N) is 1. The fourth-order valence-corrected chi connectivity index (χ4v) is 1.44. The highest BCUT2D eigenvalue weighted by molar-refractivity contribution is 5.75. The molecule has 17 heavy (non-hydrogen) atoms. The fourth-order valence-electron chi connectivity index (χ4n) is 1.44. The fraction of sp³-hybridized carbons (Fsp3) is 0.417. The van der Waals surface area contributed by atoms with E-state index in [-0.39, 0.29) is 12.0 Å². The second-order valence-corrected chi connectivity index (χ2v) is 3.81. The average Bonchev–Trinajstić information content (AvgIpc) is 2.34. The van der Waals surface area contributed by atoms with Gasteiger partial charge in [0, 0.05) is 19.1 Å². The van der Waals surface area contributed by atoms with Crippen LogP contribution in [0, 0.1) is 0 Å². The highest BCUT2D eigenvalue weighted by atomic mass is 19.1. The molecule has 0 saturated carbocycles. The first kappa shape index (κ1) is 13.4. The molecule has 94 valence electrons. The molecule has 0 saturated heterocycles. The number of aliphatic imine (C=N–C) groups is 1. The summed E-state index contributed by atoms with van der Waals surface area (Å²) < 4.78 is 12.7. The van der Waals surface area contributed by atoms with Crippen LogP contribution in [0.4, 0.5) is 4.39 Å². The largest absolute Gasteiger partial charge is 0.370 e. The molecule has 1 aromatic rings. The Balaban J connectivity index is 2.30. The minimum absolute atomic E-state index is 0.0469. The van der Waals surface area contributed by atoms with Gasteiger partial charge in [0.1, 0.15) is 6.67 Å². The molecule has 4 nitrogen and oxygen atoms in total. The van der Waals surface area contributed by atoms with Crippen molar-refractivity contribution in [2.45, 2.75) is 19.0 Å². The Morgan fingerprint density at radius 1 is 1.29 bits per heavy atom. The summed E-state index contributed by atoms with van der Waals surface area (Å²) in [7, 11) is 0. The Kier molecular flexibility index (Phi) is 6.03. The third kappa shape index (κ3) is 5.87. The van der Waals surface area contributed by atoms with E-state index in [2.05, 4.69) is 10.3 Å². The summed E-state index contributed by atoms with van der Waals surface area (Å²) in [4.78, 5) is 3.83. The topological polar surface area (TPSA) is 76.4 Å². The monoisotopic (exact) mass is 238 g/mol. The zero-order valence-electron chi connectivity index (χ0n) is 9.77. The van der Waals surface area contributed by atoms with Gasteiger partial charge in [-0.15, -0.1) is 0 Å². The Morgan fingerprint density at radius 2 is 2.00 bits per heavy atom. The van der Waals surface area contributed by atoms with Crippen LogP contribution in [-0.2, 0) is 6.54 Å². The van der Waals surface area contributed by atoms with Gasteiger partial charge in [-0.05, 0) is 12.0 Å². The van der Waals surface area contributed by atoms with Crippen LogP contribution in [0.1, 0.15) is 12.0 Å². The minimum atomic E-state index is -0.424. The Morgan fingerprint density at radius 3 is 2.59 bits per heavy atom. The molecule has 0 spiro atoms. The summed E-state index contributed by atoms with van der Waals surface area (Å²) in [5, 5.41) is 3.13. The van der Waals surface area contributed by atoms with Crippen molar-refractivity contribution in [1.29, 1.82) is 0 Å². The van der Waals surface area contributed by atoms with E-state index in [1.165, 1.54) is 0 Å². The number of alkyl halides is 1. The number of hydrogen-bond donors (Lipinski definition) is 3. The van der Waals surface area contributed by atoms with Gasteiger partial charge in [0.25, 0.3) is 0 Å². The van der Waals surface area contributed by atoms with Crippen LogP contribution in [-0.4, -0.2) is 25.2 Å². The van der Waals surface area contributed by atoms with Crippen LogP contribution >= 0.6 is 0 Å². The summed E-state index contributed by atoms with van der Waals surface area (Å²) >= 11 is 0.